The van der Waals surface area contributed by atoms with E-state index in [9.17, 15) is 9.59 Å². The highest BCUT2D eigenvalue weighted by Gasteiger charge is 2.43. The van der Waals surface area contributed by atoms with Gasteiger partial charge in [0.1, 0.15) is 11.3 Å². The molecule has 0 atom stereocenters. The van der Waals surface area contributed by atoms with Crippen LogP contribution in [0.5, 0.6) is 5.75 Å². The topological polar surface area (TPSA) is 73.9 Å². The van der Waals surface area contributed by atoms with Crippen LogP contribution in [0.15, 0.2) is 24.3 Å². The fraction of sp³-hybridized carbons (Fsp3) is 0.619. The first-order valence-corrected chi connectivity index (χ1v) is 10.3. The standard InChI is InChI=1S/C21H32N4O3/c1-3-24-13-15-25(16-14-24)19(26)21(11-7-4-8-12-21)23-20(27)22-17-9-5-6-10-18(17)28-2/h5-6,9-10H,3-4,7-8,11-16H2,1-2H3,(H2,22,23,27). The van der Waals surface area contributed by atoms with E-state index >= 15 is 0 Å². The third kappa shape index (κ3) is 4.58. The number of nitrogens with one attached hydrogen (secondary N) is 2. The van der Waals surface area contributed by atoms with Gasteiger partial charge in [-0.15, -0.1) is 0 Å². The number of carbonyl (C=O) groups excluding carboxylic acids is 2. The molecule has 1 aliphatic carbocycles. The first-order valence-electron chi connectivity index (χ1n) is 10.3. The third-order valence-corrected chi connectivity index (χ3v) is 5.93. The summed E-state index contributed by atoms with van der Waals surface area (Å²) in [5.74, 6) is 0.662. The van der Waals surface area contributed by atoms with Gasteiger partial charge in [0, 0.05) is 26.2 Å². The molecule has 28 heavy (non-hydrogen) atoms. The van der Waals surface area contributed by atoms with E-state index in [1.54, 1.807) is 19.2 Å². The molecule has 1 aromatic rings. The lowest BCUT2D eigenvalue weighted by Gasteiger charge is -2.43. The number of hydrogen-bond donors (Lipinski definition) is 2. The Labute approximate surface area is 167 Å². The second-order valence-corrected chi connectivity index (χ2v) is 7.65. The van der Waals surface area contributed by atoms with E-state index in [0.29, 0.717) is 24.3 Å². The van der Waals surface area contributed by atoms with Gasteiger partial charge in [-0.25, -0.2) is 4.79 Å². The number of methoxy groups -OCH3 is 1. The van der Waals surface area contributed by atoms with Crippen molar-refractivity contribution in [1.29, 1.82) is 0 Å². The maximum absolute atomic E-state index is 13.4. The Balaban J connectivity index is 1.70. The number of rotatable bonds is 5. The first-order chi connectivity index (χ1) is 13.6. The summed E-state index contributed by atoms with van der Waals surface area (Å²) in [5.41, 5.74) is -0.212. The highest BCUT2D eigenvalue weighted by molar-refractivity contribution is 5.97. The van der Waals surface area contributed by atoms with Crippen molar-refractivity contribution < 1.29 is 14.3 Å². The van der Waals surface area contributed by atoms with Gasteiger partial charge in [-0.1, -0.05) is 38.3 Å². The van der Waals surface area contributed by atoms with Crippen LogP contribution in [0.25, 0.3) is 0 Å². The molecule has 2 fully saturated rings. The minimum absolute atomic E-state index is 0.0677. The SMILES string of the molecule is CCN1CCN(C(=O)C2(NC(=O)Nc3ccccc3OC)CCCCC2)CC1. The number of anilines is 1. The third-order valence-electron chi connectivity index (χ3n) is 5.93. The number of piperazine rings is 1. The van der Waals surface area contributed by atoms with Crippen LogP contribution in [0.1, 0.15) is 39.0 Å². The van der Waals surface area contributed by atoms with Crippen molar-refractivity contribution in [1.82, 2.24) is 15.1 Å². The number of para-hydroxylation sites is 2. The van der Waals surface area contributed by atoms with Crippen molar-refractivity contribution in [3.8, 4) is 5.75 Å². The summed E-state index contributed by atoms with van der Waals surface area (Å²) in [6.45, 7) is 6.39. The molecule has 0 bridgehead atoms. The number of carbonyl (C=O) groups is 2. The number of ether oxygens (including phenoxy) is 1. The van der Waals surface area contributed by atoms with Gasteiger partial charge < -0.3 is 25.2 Å². The summed E-state index contributed by atoms with van der Waals surface area (Å²) in [5, 5.41) is 5.90. The summed E-state index contributed by atoms with van der Waals surface area (Å²) < 4.78 is 5.30. The summed E-state index contributed by atoms with van der Waals surface area (Å²) in [6.07, 6.45) is 4.40. The second-order valence-electron chi connectivity index (χ2n) is 7.65. The van der Waals surface area contributed by atoms with Crippen molar-refractivity contribution in [2.24, 2.45) is 0 Å². The lowest BCUT2D eigenvalue weighted by molar-refractivity contribution is -0.141. The molecule has 1 aromatic carbocycles. The normalized spacial score (nSPS) is 19.7. The van der Waals surface area contributed by atoms with E-state index in [1.165, 1.54) is 0 Å². The van der Waals surface area contributed by atoms with Crippen LogP contribution in [-0.4, -0.2) is 67.1 Å². The first kappa shape index (κ1) is 20.5. The molecule has 2 aliphatic rings. The number of nitrogens with zero attached hydrogens (tertiary/aromatic N) is 2. The van der Waals surface area contributed by atoms with Gasteiger partial charge in [-0.3, -0.25) is 4.79 Å². The Bertz CT molecular complexity index is 680. The molecule has 1 saturated carbocycles. The highest BCUT2D eigenvalue weighted by Crippen LogP contribution is 2.31. The van der Waals surface area contributed by atoms with Crippen molar-refractivity contribution in [2.45, 2.75) is 44.6 Å². The number of benzene rings is 1. The molecular weight excluding hydrogens is 356 g/mol. The summed E-state index contributed by atoms with van der Waals surface area (Å²) in [4.78, 5) is 30.5. The lowest BCUT2D eigenvalue weighted by Crippen LogP contribution is -2.63. The predicted molar refractivity (Wildman–Crippen MR) is 110 cm³/mol. The van der Waals surface area contributed by atoms with Crippen LogP contribution in [0.3, 0.4) is 0 Å². The maximum atomic E-state index is 13.4. The molecular formula is C21H32N4O3. The molecule has 0 aromatic heterocycles. The van der Waals surface area contributed by atoms with Crippen LogP contribution >= 0.6 is 0 Å². The van der Waals surface area contributed by atoms with Crippen LogP contribution in [0.4, 0.5) is 10.5 Å². The molecule has 2 N–H and O–H groups in total. The van der Waals surface area contributed by atoms with E-state index in [-0.39, 0.29) is 11.9 Å². The molecule has 154 valence electrons. The smallest absolute Gasteiger partial charge is 0.320 e. The molecule has 0 unspecified atom stereocenters. The van der Waals surface area contributed by atoms with Crippen molar-refractivity contribution in [3.05, 3.63) is 24.3 Å². The van der Waals surface area contributed by atoms with E-state index in [4.69, 9.17) is 4.74 Å². The largest absolute Gasteiger partial charge is 0.495 e. The quantitative estimate of drug-likeness (QED) is 0.813. The zero-order valence-corrected chi connectivity index (χ0v) is 17.0. The fourth-order valence-corrected chi connectivity index (χ4v) is 4.24. The molecule has 7 heteroatoms. The van der Waals surface area contributed by atoms with Crippen molar-refractivity contribution >= 4 is 17.6 Å². The van der Waals surface area contributed by atoms with Crippen molar-refractivity contribution in [2.75, 3.05) is 45.2 Å². The van der Waals surface area contributed by atoms with Crippen LogP contribution in [0.2, 0.25) is 0 Å². The molecule has 0 radical (unpaired) electrons. The average molecular weight is 389 g/mol. The fourth-order valence-electron chi connectivity index (χ4n) is 4.24. The molecule has 1 saturated heterocycles. The maximum Gasteiger partial charge on any atom is 0.320 e. The summed E-state index contributed by atoms with van der Waals surface area (Å²) in [6, 6.07) is 6.92. The van der Waals surface area contributed by atoms with Gasteiger partial charge in [-0.2, -0.15) is 0 Å². The van der Waals surface area contributed by atoms with E-state index in [2.05, 4.69) is 22.5 Å². The molecule has 0 spiro atoms. The van der Waals surface area contributed by atoms with Gasteiger partial charge >= 0.3 is 6.03 Å². The average Bonchev–Trinajstić information content (AvgIpc) is 2.74. The zero-order chi connectivity index (χ0) is 20.0. The predicted octanol–water partition coefficient (Wildman–Crippen LogP) is 2.68. The molecule has 3 rings (SSSR count). The van der Waals surface area contributed by atoms with E-state index in [0.717, 1.165) is 52.0 Å². The molecule has 1 aliphatic heterocycles. The summed E-state index contributed by atoms with van der Waals surface area (Å²) in [7, 11) is 1.57. The van der Waals surface area contributed by atoms with Gasteiger partial charge in [0.15, 0.2) is 0 Å². The summed E-state index contributed by atoms with van der Waals surface area (Å²) >= 11 is 0. The van der Waals surface area contributed by atoms with E-state index < -0.39 is 5.54 Å². The van der Waals surface area contributed by atoms with Crippen LogP contribution in [0, 0.1) is 0 Å². The highest BCUT2D eigenvalue weighted by atomic mass is 16.5. The second kappa shape index (κ2) is 9.28. The van der Waals surface area contributed by atoms with Gasteiger partial charge in [-0.05, 0) is 31.5 Å². The lowest BCUT2D eigenvalue weighted by atomic mass is 9.80. The number of likely N-dealkylation sites (N-methyl/N-ethyl adjacent to an activating group) is 1. The Kier molecular flexibility index (Phi) is 6.78. The minimum atomic E-state index is -0.807. The monoisotopic (exact) mass is 388 g/mol. The number of urea groups is 1. The van der Waals surface area contributed by atoms with Crippen molar-refractivity contribution in [3.63, 3.8) is 0 Å². The minimum Gasteiger partial charge on any atom is -0.495 e. The van der Waals surface area contributed by atoms with Gasteiger partial charge in [0.25, 0.3) is 0 Å². The Morgan fingerprint density at radius 1 is 1.07 bits per heavy atom. The number of amides is 3. The van der Waals surface area contributed by atoms with Crippen LogP contribution < -0.4 is 15.4 Å². The van der Waals surface area contributed by atoms with Crippen LogP contribution in [-0.2, 0) is 4.79 Å². The molecule has 1 heterocycles. The Morgan fingerprint density at radius 3 is 2.39 bits per heavy atom. The molecule has 7 nitrogen and oxygen atoms in total. The Hall–Kier alpha value is -2.28. The molecule has 3 amide bonds. The number of hydrogen-bond acceptors (Lipinski definition) is 4. The zero-order valence-electron chi connectivity index (χ0n) is 17.0. The Morgan fingerprint density at radius 2 is 1.75 bits per heavy atom. The van der Waals surface area contributed by atoms with Gasteiger partial charge in [0.2, 0.25) is 5.91 Å². The van der Waals surface area contributed by atoms with E-state index in [1.807, 2.05) is 17.0 Å². The van der Waals surface area contributed by atoms with Gasteiger partial charge in [0.05, 0.1) is 12.8 Å².